The Hall–Kier alpha value is -1.48. The third kappa shape index (κ3) is 2.67. The van der Waals surface area contributed by atoms with Gasteiger partial charge in [0.2, 0.25) is 0 Å². The van der Waals surface area contributed by atoms with E-state index < -0.39 is 0 Å². The minimum Gasteiger partial charge on any atom is -0.264 e. The van der Waals surface area contributed by atoms with Crippen LogP contribution in [0.2, 0.25) is 5.15 Å². The van der Waals surface area contributed by atoms with E-state index in [1.54, 1.807) is 0 Å². The number of nitrogens with zero attached hydrogens (tertiary/aromatic N) is 3. The summed E-state index contributed by atoms with van der Waals surface area (Å²) in [4.78, 5) is 13.1. The number of rotatable bonds is 3. The molecule has 3 nitrogen and oxygen atoms in total. The highest BCUT2D eigenvalue weighted by atomic mass is 35.5. The summed E-state index contributed by atoms with van der Waals surface area (Å²) in [5.74, 6) is 0.796. The Bertz CT molecular complexity index is 567. The second-order valence-electron chi connectivity index (χ2n) is 4.41. The maximum Gasteiger partial charge on any atom is 0.136 e. The van der Waals surface area contributed by atoms with Gasteiger partial charge < -0.3 is 0 Å². The van der Waals surface area contributed by atoms with Crippen molar-refractivity contribution in [1.82, 2.24) is 15.0 Å². The van der Waals surface area contributed by atoms with Crippen LogP contribution in [0.25, 0.3) is 11.3 Å². The van der Waals surface area contributed by atoms with Crippen molar-refractivity contribution in [2.45, 2.75) is 33.6 Å². The van der Waals surface area contributed by atoms with Gasteiger partial charge in [-0.15, -0.1) is 0 Å². The van der Waals surface area contributed by atoms with Crippen LogP contribution >= 0.6 is 11.6 Å². The Morgan fingerprint density at radius 1 is 1.17 bits per heavy atom. The SMILES string of the molecule is CCCc1nc(Cl)c(C)c(-c2cncc(C)c2)n1. The van der Waals surface area contributed by atoms with Crippen molar-refractivity contribution in [3.63, 3.8) is 0 Å². The van der Waals surface area contributed by atoms with E-state index in [4.69, 9.17) is 11.6 Å². The Labute approximate surface area is 112 Å². The van der Waals surface area contributed by atoms with Gasteiger partial charge in [-0.3, -0.25) is 4.98 Å². The first-order valence-electron chi connectivity index (χ1n) is 6.07. The molecule has 0 aromatic carbocycles. The predicted octanol–water partition coefficient (Wildman–Crippen LogP) is 3.76. The van der Waals surface area contributed by atoms with E-state index in [1.165, 1.54) is 0 Å². The molecule has 0 fully saturated rings. The van der Waals surface area contributed by atoms with Gasteiger partial charge in [0.15, 0.2) is 0 Å². The Balaban J connectivity index is 2.55. The van der Waals surface area contributed by atoms with E-state index >= 15 is 0 Å². The Kier molecular flexibility index (Phi) is 3.92. The number of hydrogen-bond acceptors (Lipinski definition) is 3. The van der Waals surface area contributed by atoms with E-state index in [0.29, 0.717) is 5.15 Å². The molecule has 0 saturated carbocycles. The summed E-state index contributed by atoms with van der Waals surface area (Å²) in [6.45, 7) is 6.06. The van der Waals surface area contributed by atoms with Crippen molar-refractivity contribution < 1.29 is 0 Å². The van der Waals surface area contributed by atoms with Gasteiger partial charge in [-0.2, -0.15) is 0 Å². The number of pyridine rings is 1. The monoisotopic (exact) mass is 261 g/mol. The highest BCUT2D eigenvalue weighted by Gasteiger charge is 2.11. The summed E-state index contributed by atoms with van der Waals surface area (Å²) in [6, 6.07) is 2.06. The quantitative estimate of drug-likeness (QED) is 0.790. The van der Waals surface area contributed by atoms with Crippen molar-refractivity contribution in [2.75, 3.05) is 0 Å². The largest absolute Gasteiger partial charge is 0.264 e. The van der Waals surface area contributed by atoms with Crippen molar-refractivity contribution in [1.29, 1.82) is 0 Å². The first-order valence-corrected chi connectivity index (χ1v) is 6.44. The molecule has 0 saturated heterocycles. The minimum atomic E-state index is 0.532. The first-order chi connectivity index (χ1) is 8.61. The maximum atomic E-state index is 6.17. The highest BCUT2D eigenvalue weighted by Crippen LogP contribution is 2.25. The molecule has 0 atom stereocenters. The minimum absolute atomic E-state index is 0.532. The average molecular weight is 262 g/mol. The molecule has 94 valence electrons. The van der Waals surface area contributed by atoms with Gasteiger partial charge in [-0.25, -0.2) is 9.97 Å². The zero-order chi connectivity index (χ0) is 13.1. The fourth-order valence-corrected chi connectivity index (χ4v) is 2.02. The lowest BCUT2D eigenvalue weighted by atomic mass is 10.1. The number of aryl methyl sites for hydroxylation is 2. The molecule has 0 spiro atoms. The molecule has 0 radical (unpaired) electrons. The molecule has 0 aliphatic heterocycles. The van der Waals surface area contributed by atoms with E-state index in [9.17, 15) is 0 Å². The number of hydrogen-bond donors (Lipinski definition) is 0. The molecule has 0 N–H and O–H groups in total. The van der Waals surface area contributed by atoms with Crippen LogP contribution in [0, 0.1) is 13.8 Å². The molecular weight excluding hydrogens is 246 g/mol. The molecule has 0 aliphatic rings. The molecule has 4 heteroatoms. The summed E-state index contributed by atoms with van der Waals surface area (Å²) >= 11 is 6.17. The van der Waals surface area contributed by atoms with Crippen molar-refractivity contribution in [2.24, 2.45) is 0 Å². The standard InChI is InChI=1S/C14H16ClN3/c1-4-5-12-17-13(10(3)14(15)18-12)11-6-9(2)7-16-8-11/h6-8H,4-5H2,1-3H3. The van der Waals surface area contributed by atoms with Crippen LogP contribution in [0.3, 0.4) is 0 Å². The van der Waals surface area contributed by atoms with Gasteiger partial charge in [-0.1, -0.05) is 18.5 Å². The van der Waals surface area contributed by atoms with Crippen LogP contribution < -0.4 is 0 Å². The lowest BCUT2D eigenvalue weighted by molar-refractivity contribution is 0.833. The van der Waals surface area contributed by atoms with Gasteiger partial charge >= 0.3 is 0 Å². The van der Waals surface area contributed by atoms with Crippen molar-refractivity contribution in [3.8, 4) is 11.3 Å². The van der Waals surface area contributed by atoms with Crippen molar-refractivity contribution >= 4 is 11.6 Å². The Morgan fingerprint density at radius 3 is 2.61 bits per heavy atom. The zero-order valence-electron chi connectivity index (χ0n) is 10.9. The Morgan fingerprint density at radius 2 is 1.94 bits per heavy atom. The summed E-state index contributed by atoms with van der Waals surface area (Å²) in [6.07, 6.45) is 5.49. The molecular formula is C14H16ClN3. The van der Waals surface area contributed by atoms with Crippen LogP contribution in [0.1, 0.15) is 30.3 Å². The van der Waals surface area contributed by atoms with Crippen LogP contribution in [0.4, 0.5) is 0 Å². The second kappa shape index (κ2) is 5.44. The highest BCUT2D eigenvalue weighted by molar-refractivity contribution is 6.30. The summed E-state index contributed by atoms with van der Waals surface area (Å²) in [7, 11) is 0. The van der Waals surface area contributed by atoms with Gasteiger partial charge in [-0.05, 0) is 31.9 Å². The van der Waals surface area contributed by atoms with E-state index in [0.717, 1.165) is 41.1 Å². The summed E-state index contributed by atoms with van der Waals surface area (Å²) in [5.41, 5.74) is 3.89. The molecule has 2 aromatic heterocycles. The van der Waals surface area contributed by atoms with Gasteiger partial charge in [0, 0.05) is 29.9 Å². The third-order valence-electron chi connectivity index (χ3n) is 2.75. The number of halogens is 1. The van der Waals surface area contributed by atoms with Crippen LogP contribution in [0.15, 0.2) is 18.5 Å². The fraction of sp³-hybridized carbons (Fsp3) is 0.357. The van der Waals surface area contributed by atoms with Gasteiger partial charge in [0.1, 0.15) is 11.0 Å². The van der Waals surface area contributed by atoms with E-state index in [-0.39, 0.29) is 0 Å². The van der Waals surface area contributed by atoms with Crippen LogP contribution in [-0.4, -0.2) is 15.0 Å². The van der Waals surface area contributed by atoms with Gasteiger partial charge in [0.05, 0.1) is 5.69 Å². The van der Waals surface area contributed by atoms with E-state index in [1.807, 2.05) is 26.2 Å². The smallest absolute Gasteiger partial charge is 0.136 e. The second-order valence-corrected chi connectivity index (χ2v) is 4.76. The molecule has 0 aliphatic carbocycles. The summed E-state index contributed by atoms with van der Waals surface area (Å²) in [5, 5.41) is 0.532. The molecule has 0 unspecified atom stereocenters. The summed E-state index contributed by atoms with van der Waals surface area (Å²) < 4.78 is 0. The average Bonchev–Trinajstić information content (AvgIpc) is 2.34. The molecule has 0 bridgehead atoms. The topological polar surface area (TPSA) is 38.7 Å². The van der Waals surface area contributed by atoms with Gasteiger partial charge in [0.25, 0.3) is 0 Å². The van der Waals surface area contributed by atoms with E-state index in [2.05, 4.69) is 27.9 Å². The first kappa shape index (κ1) is 13.0. The normalized spacial score (nSPS) is 10.7. The molecule has 18 heavy (non-hydrogen) atoms. The molecule has 2 aromatic rings. The predicted molar refractivity (Wildman–Crippen MR) is 73.7 cm³/mol. The lowest BCUT2D eigenvalue weighted by Gasteiger charge is -2.09. The van der Waals surface area contributed by atoms with Crippen LogP contribution in [-0.2, 0) is 6.42 Å². The number of aromatic nitrogens is 3. The third-order valence-corrected chi connectivity index (χ3v) is 3.12. The molecule has 2 rings (SSSR count). The molecule has 0 amide bonds. The fourth-order valence-electron chi connectivity index (χ4n) is 1.83. The molecule has 2 heterocycles. The van der Waals surface area contributed by atoms with Crippen LogP contribution in [0.5, 0.6) is 0 Å². The lowest BCUT2D eigenvalue weighted by Crippen LogP contribution is -2.01. The maximum absolute atomic E-state index is 6.17. The zero-order valence-corrected chi connectivity index (χ0v) is 11.6. The van der Waals surface area contributed by atoms with Crippen molar-refractivity contribution in [3.05, 3.63) is 40.6 Å².